The van der Waals surface area contributed by atoms with Gasteiger partial charge in [-0.3, -0.25) is 0 Å². The summed E-state index contributed by atoms with van der Waals surface area (Å²) in [6.07, 6.45) is 4.95. The van der Waals surface area contributed by atoms with Gasteiger partial charge in [-0.25, -0.2) is 14.8 Å². The quantitative estimate of drug-likeness (QED) is 0.937. The van der Waals surface area contributed by atoms with Crippen molar-refractivity contribution in [3.63, 3.8) is 0 Å². The Kier molecular flexibility index (Phi) is 4.14. The van der Waals surface area contributed by atoms with Crippen LogP contribution in [0.4, 0.5) is 11.5 Å². The zero-order valence-corrected chi connectivity index (χ0v) is 13.4. The van der Waals surface area contributed by atoms with Gasteiger partial charge in [0.1, 0.15) is 5.82 Å². The molecule has 6 heteroatoms. The van der Waals surface area contributed by atoms with Gasteiger partial charge in [0.15, 0.2) is 5.69 Å². The van der Waals surface area contributed by atoms with Crippen molar-refractivity contribution in [2.45, 2.75) is 19.4 Å². The molecular formula is C17H20N4O2. The molecule has 0 atom stereocenters. The molecule has 0 unspecified atom stereocenters. The standard InChI is InChI=1S/C17H20N4O2/c1-20(2)14-6-5-12-4-3-7-21(11-13(12)8-14)16-10-18-15(9-19-16)17(22)23/h5-6,8-10H,3-4,7,11H2,1-2H3,(H,22,23). The molecule has 1 aromatic carbocycles. The molecule has 2 aromatic rings. The van der Waals surface area contributed by atoms with E-state index in [1.54, 1.807) is 6.20 Å². The fourth-order valence-electron chi connectivity index (χ4n) is 2.82. The van der Waals surface area contributed by atoms with Crippen LogP contribution in [0.25, 0.3) is 0 Å². The van der Waals surface area contributed by atoms with E-state index in [2.05, 4.69) is 38.0 Å². The van der Waals surface area contributed by atoms with E-state index in [0.29, 0.717) is 0 Å². The van der Waals surface area contributed by atoms with Gasteiger partial charge in [0.05, 0.1) is 12.4 Å². The van der Waals surface area contributed by atoms with Crippen molar-refractivity contribution in [3.8, 4) is 0 Å². The molecule has 1 N–H and O–H groups in total. The Morgan fingerprint density at radius 2 is 2.04 bits per heavy atom. The average molecular weight is 312 g/mol. The van der Waals surface area contributed by atoms with E-state index in [-0.39, 0.29) is 5.69 Å². The second-order valence-corrected chi connectivity index (χ2v) is 5.94. The predicted octanol–water partition coefficient (Wildman–Crippen LogP) is 2.19. The third-order valence-corrected chi connectivity index (χ3v) is 4.12. The van der Waals surface area contributed by atoms with Gasteiger partial charge in [0.25, 0.3) is 0 Å². The highest BCUT2D eigenvalue weighted by Gasteiger charge is 2.17. The lowest BCUT2D eigenvalue weighted by Gasteiger charge is -2.22. The monoisotopic (exact) mass is 312 g/mol. The van der Waals surface area contributed by atoms with Crippen LogP contribution in [0.5, 0.6) is 0 Å². The number of carboxylic acids is 1. The Balaban J connectivity index is 1.87. The topological polar surface area (TPSA) is 69.6 Å². The van der Waals surface area contributed by atoms with Crippen molar-refractivity contribution < 1.29 is 9.90 Å². The summed E-state index contributed by atoms with van der Waals surface area (Å²) < 4.78 is 0. The van der Waals surface area contributed by atoms with E-state index in [1.807, 2.05) is 14.1 Å². The van der Waals surface area contributed by atoms with Crippen LogP contribution in [0.2, 0.25) is 0 Å². The summed E-state index contributed by atoms with van der Waals surface area (Å²) in [5, 5.41) is 8.92. The Morgan fingerprint density at radius 3 is 2.70 bits per heavy atom. The summed E-state index contributed by atoms with van der Waals surface area (Å²) in [5.41, 5.74) is 3.81. The van der Waals surface area contributed by atoms with Crippen molar-refractivity contribution in [1.29, 1.82) is 0 Å². The number of carbonyl (C=O) groups is 1. The van der Waals surface area contributed by atoms with Crippen LogP contribution in [0.3, 0.4) is 0 Å². The molecule has 0 saturated heterocycles. The fourth-order valence-corrected chi connectivity index (χ4v) is 2.82. The molecule has 3 rings (SSSR count). The SMILES string of the molecule is CN(C)c1ccc2c(c1)CN(c1cnc(C(=O)O)cn1)CCC2. The summed E-state index contributed by atoms with van der Waals surface area (Å²) >= 11 is 0. The Bertz CT molecular complexity index is 713. The summed E-state index contributed by atoms with van der Waals surface area (Å²) in [6, 6.07) is 6.57. The molecule has 1 aliphatic heterocycles. The molecule has 23 heavy (non-hydrogen) atoms. The summed E-state index contributed by atoms with van der Waals surface area (Å²) in [4.78, 5) is 23.4. The largest absolute Gasteiger partial charge is 0.476 e. The van der Waals surface area contributed by atoms with E-state index in [9.17, 15) is 4.79 Å². The maximum absolute atomic E-state index is 10.9. The lowest BCUT2D eigenvalue weighted by molar-refractivity contribution is 0.0690. The van der Waals surface area contributed by atoms with Gasteiger partial charge in [-0.05, 0) is 36.1 Å². The number of aromatic nitrogens is 2. The average Bonchev–Trinajstić information content (AvgIpc) is 2.76. The van der Waals surface area contributed by atoms with Gasteiger partial charge in [0, 0.05) is 32.9 Å². The molecule has 2 heterocycles. The van der Waals surface area contributed by atoms with Gasteiger partial charge in [0.2, 0.25) is 0 Å². The molecule has 0 bridgehead atoms. The fraction of sp³-hybridized carbons (Fsp3) is 0.353. The number of rotatable bonds is 3. The van der Waals surface area contributed by atoms with E-state index >= 15 is 0 Å². The molecule has 0 radical (unpaired) electrons. The van der Waals surface area contributed by atoms with Crippen molar-refractivity contribution in [1.82, 2.24) is 9.97 Å². The van der Waals surface area contributed by atoms with Gasteiger partial charge in [-0.1, -0.05) is 6.07 Å². The molecule has 0 fully saturated rings. The van der Waals surface area contributed by atoms with Crippen LogP contribution in [0, 0.1) is 0 Å². The molecule has 0 saturated carbocycles. The number of aryl methyl sites for hydroxylation is 1. The minimum absolute atomic E-state index is 0.0288. The third-order valence-electron chi connectivity index (χ3n) is 4.12. The van der Waals surface area contributed by atoms with Gasteiger partial charge in [-0.15, -0.1) is 0 Å². The Morgan fingerprint density at radius 1 is 1.22 bits per heavy atom. The number of nitrogens with zero attached hydrogens (tertiary/aromatic N) is 4. The number of hydrogen-bond acceptors (Lipinski definition) is 5. The van der Waals surface area contributed by atoms with Crippen molar-refractivity contribution >= 4 is 17.5 Å². The normalized spacial score (nSPS) is 14.1. The molecule has 0 amide bonds. The molecular weight excluding hydrogens is 292 g/mol. The second-order valence-electron chi connectivity index (χ2n) is 5.94. The zero-order chi connectivity index (χ0) is 16.4. The highest BCUT2D eigenvalue weighted by molar-refractivity contribution is 5.84. The van der Waals surface area contributed by atoms with Crippen LogP contribution >= 0.6 is 0 Å². The molecule has 120 valence electrons. The molecule has 0 aliphatic carbocycles. The smallest absolute Gasteiger partial charge is 0.356 e. The number of benzene rings is 1. The van der Waals surface area contributed by atoms with Crippen molar-refractivity contribution in [2.75, 3.05) is 30.4 Å². The maximum atomic E-state index is 10.9. The van der Waals surface area contributed by atoms with Gasteiger partial charge < -0.3 is 14.9 Å². The first-order valence-corrected chi connectivity index (χ1v) is 7.64. The first-order chi connectivity index (χ1) is 11.0. The lowest BCUT2D eigenvalue weighted by atomic mass is 10.0. The maximum Gasteiger partial charge on any atom is 0.356 e. The Labute approximate surface area is 135 Å². The van der Waals surface area contributed by atoms with Gasteiger partial charge >= 0.3 is 5.97 Å². The molecule has 1 aromatic heterocycles. The molecule has 0 spiro atoms. The highest BCUT2D eigenvalue weighted by Crippen LogP contribution is 2.25. The number of hydrogen-bond donors (Lipinski definition) is 1. The first-order valence-electron chi connectivity index (χ1n) is 7.64. The number of fused-ring (bicyclic) bond motifs is 1. The van der Waals surface area contributed by atoms with Gasteiger partial charge in [-0.2, -0.15) is 0 Å². The first kappa shape index (κ1) is 15.3. The minimum atomic E-state index is -1.05. The van der Waals surface area contributed by atoms with Crippen LogP contribution in [0.1, 0.15) is 28.0 Å². The van der Waals surface area contributed by atoms with Crippen LogP contribution in [-0.4, -0.2) is 41.7 Å². The molecule has 6 nitrogen and oxygen atoms in total. The minimum Gasteiger partial charge on any atom is -0.476 e. The Hall–Kier alpha value is -2.63. The van der Waals surface area contributed by atoms with E-state index in [1.165, 1.54) is 23.0 Å². The van der Waals surface area contributed by atoms with E-state index in [0.717, 1.165) is 31.7 Å². The van der Waals surface area contributed by atoms with E-state index in [4.69, 9.17) is 5.11 Å². The molecule has 1 aliphatic rings. The van der Waals surface area contributed by atoms with Crippen LogP contribution in [-0.2, 0) is 13.0 Å². The third kappa shape index (κ3) is 3.26. The number of anilines is 2. The predicted molar refractivity (Wildman–Crippen MR) is 89.1 cm³/mol. The number of aromatic carboxylic acids is 1. The van der Waals surface area contributed by atoms with Crippen molar-refractivity contribution in [3.05, 3.63) is 47.4 Å². The lowest BCUT2D eigenvalue weighted by Crippen LogP contribution is -2.24. The highest BCUT2D eigenvalue weighted by atomic mass is 16.4. The van der Waals surface area contributed by atoms with Crippen molar-refractivity contribution in [2.24, 2.45) is 0 Å². The summed E-state index contributed by atoms with van der Waals surface area (Å²) in [7, 11) is 4.07. The second kappa shape index (κ2) is 6.24. The summed E-state index contributed by atoms with van der Waals surface area (Å²) in [6.45, 7) is 1.64. The number of carboxylic acid groups (broad SMARTS) is 1. The van der Waals surface area contributed by atoms with E-state index < -0.39 is 5.97 Å². The summed E-state index contributed by atoms with van der Waals surface area (Å²) in [5.74, 6) is -0.334. The van der Waals surface area contributed by atoms with Crippen LogP contribution in [0.15, 0.2) is 30.6 Å². The van der Waals surface area contributed by atoms with Crippen LogP contribution < -0.4 is 9.80 Å². The zero-order valence-electron chi connectivity index (χ0n) is 13.4.